The van der Waals surface area contributed by atoms with Crippen LogP contribution in [0, 0.1) is 12.7 Å². The lowest BCUT2D eigenvalue weighted by atomic mass is 9.92. The second-order valence-corrected chi connectivity index (χ2v) is 4.46. The van der Waals surface area contributed by atoms with Crippen molar-refractivity contribution in [1.29, 1.82) is 0 Å². The zero-order valence-corrected chi connectivity index (χ0v) is 10.5. The molecule has 1 nitrogen and oxygen atoms in total. The molecule has 1 aromatic rings. The van der Waals surface area contributed by atoms with E-state index in [-0.39, 0.29) is 16.0 Å². The van der Waals surface area contributed by atoms with Gasteiger partial charge in [-0.15, -0.1) is 0 Å². The van der Waals surface area contributed by atoms with E-state index in [2.05, 4.69) is 0 Å². The normalized spacial score (nSPS) is 12.9. The van der Waals surface area contributed by atoms with Gasteiger partial charge in [0.25, 0.3) is 0 Å². The van der Waals surface area contributed by atoms with E-state index in [1.807, 2.05) is 13.8 Å². The molecule has 0 fully saturated rings. The van der Waals surface area contributed by atoms with E-state index in [0.29, 0.717) is 11.3 Å². The first-order valence-corrected chi connectivity index (χ1v) is 5.59. The van der Waals surface area contributed by atoms with Crippen LogP contribution in [0.1, 0.15) is 37.3 Å². The van der Waals surface area contributed by atoms with Gasteiger partial charge in [0.2, 0.25) is 0 Å². The minimum Gasteiger partial charge on any atom is -0.397 e. The number of anilines is 1. The van der Waals surface area contributed by atoms with E-state index in [0.717, 1.165) is 12.0 Å². The fraction of sp³-hybridized carbons (Fsp3) is 0.455. The van der Waals surface area contributed by atoms with Crippen molar-refractivity contribution in [2.75, 3.05) is 5.73 Å². The smallest absolute Gasteiger partial charge is 0.162 e. The molecule has 0 saturated heterocycles. The van der Waals surface area contributed by atoms with Gasteiger partial charge in [0, 0.05) is 0 Å². The van der Waals surface area contributed by atoms with Gasteiger partial charge in [0.15, 0.2) is 5.82 Å². The monoisotopic (exact) mass is 249 g/mol. The molecule has 0 amide bonds. The molecule has 0 aliphatic rings. The van der Waals surface area contributed by atoms with Crippen LogP contribution in [0.2, 0.25) is 10.0 Å². The molecule has 15 heavy (non-hydrogen) atoms. The van der Waals surface area contributed by atoms with Gasteiger partial charge in [-0.1, -0.05) is 37.0 Å². The summed E-state index contributed by atoms with van der Waals surface area (Å²) in [5, 5.41) is 0.00500. The average Bonchev–Trinajstić information content (AvgIpc) is 2.23. The zero-order valence-electron chi connectivity index (χ0n) is 9.00. The number of rotatable bonds is 2. The third-order valence-electron chi connectivity index (χ3n) is 2.75. The van der Waals surface area contributed by atoms with Crippen LogP contribution < -0.4 is 5.73 Å². The van der Waals surface area contributed by atoms with Crippen LogP contribution >= 0.6 is 23.2 Å². The van der Waals surface area contributed by atoms with Crippen molar-refractivity contribution in [3.63, 3.8) is 0 Å². The SMILES string of the molecule is CCC(C)c1c(C)c(Cl)c(F)c(Cl)c1N. The maximum Gasteiger partial charge on any atom is 0.162 e. The third kappa shape index (κ3) is 2.06. The molecule has 0 bridgehead atoms. The fourth-order valence-corrected chi connectivity index (χ4v) is 2.10. The Labute approximate surface area is 99.4 Å². The first-order chi connectivity index (χ1) is 6.91. The lowest BCUT2D eigenvalue weighted by Crippen LogP contribution is -2.05. The van der Waals surface area contributed by atoms with Gasteiger partial charge in [0.05, 0.1) is 10.7 Å². The van der Waals surface area contributed by atoms with E-state index < -0.39 is 5.82 Å². The van der Waals surface area contributed by atoms with Crippen molar-refractivity contribution < 1.29 is 4.39 Å². The number of nitrogen functional groups attached to an aromatic ring is 1. The van der Waals surface area contributed by atoms with E-state index in [9.17, 15) is 4.39 Å². The molecular weight excluding hydrogens is 236 g/mol. The van der Waals surface area contributed by atoms with Crippen molar-refractivity contribution >= 4 is 28.9 Å². The molecular formula is C11H14Cl2FN. The molecule has 0 saturated carbocycles. The summed E-state index contributed by atoms with van der Waals surface area (Å²) in [5.74, 6) is -0.402. The quantitative estimate of drug-likeness (QED) is 0.605. The Kier molecular flexibility index (Phi) is 3.85. The van der Waals surface area contributed by atoms with Crippen LogP contribution in [0.4, 0.5) is 10.1 Å². The maximum atomic E-state index is 13.5. The van der Waals surface area contributed by atoms with E-state index in [4.69, 9.17) is 28.9 Å². The van der Waals surface area contributed by atoms with E-state index >= 15 is 0 Å². The summed E-state index contributed by atoms with van der Waals surface area (Å²) < 4.78 is 13.5. The van der Waals surface area contributed by atoms with Crippen LogP contribution in [0.3, 0.4) is 0 Å². The number of nitrogens with two attached hydrogens (primary N) is 1. The Morgan fingerprint density at radius 2 is 1.87 bits per heavy atom. The van der Waals surface area contributed by atoms with Gasteiger partial charge >= 0.3 is 0 Å². The van der Waals surface area contributed by atoms with Gasteiger partial charge in [0.1, 0.15) is 5.02 Å². The highest BCUT2D eigenvalue weighted by atomic mass is 35.5. The number of hydrogen-bond acceptors (Lipinski definition) is 1. The second-order valence-electron chi connectivity index (χ2n) is 3.70. The van der Waals surface area contributed by atoms with Crippen LogP contribution in [-0.2, 0) is 0 Å². The molecule has 0 aliphatic carbocycles. The molecule has 1 rings (SSSR count). The lowest BCUT2D eigenvalue weighted by Gasteiger charge is -2.18. The Morgan fingerprint density at radius 1 is 1.33 bits per heavy atom. The Balaban J connectivity index is 3.52. The molecule has 1 aromatic carbocycles. The number of halogens is 3. The maximum absolute atomic E-state index is 13.5. The standard InChI is InChI=1S/C11H14Cl2FN/c1-4-5(2)7-6(3)8(12)10(14)9(13)11(7)15/h5H,4,15H2,1-3H3. The van der Waals surface area contributed by atoms with E-state index in [1.165, 1.54) is 0 Å². The highest BCUT2D eigenvalue weighted by molar-refractivity contribution is 6.37. The van der Waals surface area contributed by atoms with Crippen LogP contribution in [0.5, 0.6) is 0 Å². The van der Waals surface area contributed by atoms with Crippen molar-refractivity contribution in [1.82, 2.24) is 0 Å². The van der Waals surface area contributed by atoms with Crippen molar-refractivity contribution in [2.45, 2.75) is 33.1 Å². The largest absolute Gasteiger partial charge is 0.397 e. The molecule has 0 aromatic heterocycles. The molecule has 2 N–H and O–H groups in total. The number of hydrogen-bond donors (Lipinski definition) is 1. The van der Waals surface area contributed by atoms with E-state index in [1.54, 1.807) is 6.92 Å². The Bertz CT molecular complexity index is 362. The first-order valence-electron chi connectivity index (χ1n) is 4.84. The third-order valence-corrected chi connectivity index (χ3v) is 3.57. The summed E-state index contributed by atoms with van der Waals surface area (Å²) >= 11 is 11.6. The molecule has 0 heterocycles. The second kappa shape index (κ2) is 4.58. The molecule has 1 unspecified atom stereocenters. The molecule has 84 valence electrons. The predicted molar refractivity (Wildman–Crippen MR) is 64.3 cm³/mol. The topological polar surface area (TPSA) is 26.0 Å². The molecule has 1 atom stereocenters. The first kappa shape index (κ1) is 12.6. The van der Waals surface area contributed by atoms with Crippen molar-refractivity contribution in [3.8, 4) is 0 Å². The highest BCUT2D eigenvalue weighted by Crippen LogP contribution is 2.39. The van der Waals surface area contributed by atoms with Crippen LogP contribution in [0.15, 0.2) is 0 Å². The van der Waals surface area contributed by atoms with Crippen molar-refractivity contribution in [3.05, 3.63) is 27.0 Å². The van der Waals surface area contributed by atoms with Gasteiger partial charge in [-0.2, -0.15) is 0 Å². The van der Waals surface area contributed by atoms with Gasteiger partial charge in [-0.05, 0) is 30.4 Å². The average molecular weight is 250 g/mol. The summed E-state index contributed by atoms with van der Waals surface area (Å²) in [7, 11) is 0. The van der Waals surface area contributed by atoms with Crippen molar-refractivity contribution in [2.24, 2.45) is 0 Å². The minimum absolute atomic E-state index is 0.0686. The summed E-state index contributed by atoms with van der Waals surface area (Å²) in [6.07, 6.45) is 0.906. The highest BCUT2D eigenvalue weighted by Gasteiger charge is 2.20. The Hall–Kier alpha value is -0.470. The minimum atomic E-state index is -0.625. The molecule has 0 spiro atoms. The summed E-state index contributed by atoms with van der Waals surface area (Å²) in [6.45, 7) is 5.82. The lowest BCUT2D eigenvalue weighted by molar-refractivity contribution is 0.625. The van der Waals surface area contributed by atoms with Gasteiger partial charge < -0.3 is 5.73 Å². The molecule has 0 aliphatic heterocycles. The zero-order chi connectivity index (χ0) is 11.7. The summed E-state index contributed by atoms with van der Waals surface area (Å²) in [6, 6.07) is 0. The number of benzene rings is 1. The molecule has 4 heteroatoms. The van der Waals surface area contributed by atoms with Gasteiger partial charge in [-0.3, -0.25) is 0 Å². The fourth-order valence-electron chi connectivity index (χ4n) is 1.66. The van der Waals surface area contributed by atoms with Crippen LogP contribution in [-0.4, -0.2) is 0 Å². The van der Waals surface area contributed by atoms with Gasteiger partial charge in [-0.25, -0.2) is 4.39 Å². The molecule has 0 radical (unpaired) electrons. The predicted octanol–water partition coefficient (Wildman–Crippen LogP) is 4.54. The summed E-state index contributed by atoms with van der Waals surface area (Å²) in [5.41, 5.74) is 7.65. The Morgan fingerprint density at radius 3 is 2.33 bits per heavy atom. The summed E-state index contributed by atoms with van der Waals surface area (Å²) in [4.78, 5) is 0. The van der Waals surface area contributed by atoms with Crippen LogP contribution in [0.25, 0.3) is 0 Å².